The van der Waals surface area contributed by atoms with Crippen LogP contribution in [0.4, 0.5) is 0 Å². The molecule has 2 rings (SSSR count). The van der Waals surface area contributed by atoms with Crippen LogP contribution >= 0.6 is 0 Å². The van der Waals surface area contributed by atoms with Crippen molar-refractivity contribution in [2.75, 3.05) is 6.54 Å². The summed E-state index contributed by atoms with van der Waals surface area (Å²) in [5.41, 5.74) is 2.51. The van der Waals surface area contributed by atoms with Crippen LogP contribution in [0.15, 0.2) is 29.1 Å². The molecule has 2 aromatic rings. The molecular formula is C16H20N2O2. The minimum atomic E-state index is -0.105. The van der Waals surface area contributed by atoms with E-state index in [1.807, 2.05) is 38.1 Å². The zero-order valence-electron chi connectivity index (χ0n) is 12.0. The van der Waals surface area contributed by atoms with Crippen LogP contribution in [0.1, 0.15) is 30.9 Å². The predicted octanol–water partition coefficient (Wildman–Crippen LogP) is 2.30. The van der Waals surface area contributed by atoms with Gasteiger partial charge in [0.1, 0.15) is 0 Å². The topological polar surface area (TPSA) is 62.0 Å². The maximum atomic E-state index is 12.0. The average molecular weight is 272 g/mol. The number of carbonyl (C=O) groups excluding carboxylic acids is 1. The molecule has 0 radical (unpaired) electrons. The van der Waals surface area contributed by atoms with E-state index < -0.39 is 0 Å². The molecule has 1 heterocycles. The zero-order valence-corrected chi connectivity index (χ0v) is 12.0. The average Bonchev–Trinajstić information content (AvgIpc) is 2.42. The van der Waals surface area contributed by atoms with Crippen molar-refractivity contribution in [1.29, 1.82) is 0 Å². The molecule has 1 amide bonds. The van der Waals surface area contributed by atoms with Gasteiger partial charge in [-0.25, -0.2) is 0 Å². The van der Waals surface area contributed by atoms with Crippen molar-refractivity contribution in [1.82, 2.24) is 10.3 Å². The van der Waals surface area contributed by atoms with Crippen molar-refractivity contribution in [2.24, 2.45) is 0 Å². The van der Waals surface area contributed by atoms with Gasteiger partial charge in [0.05, 0.1) is 0 Å². The van der Waals surface area contributed by atoms with Crippen molar-refractivity contribution >= 4 is 16.8 Å². The second kappa shape index (κ2) is 6.37. The van der Waals surface area contributed by atoms with Crippen LogP contribution in [-0.2, 0) is 11.2 Å². The number of aryl methyl sites for hydroxylation is 2. The number of benzene rings is 1. The highest BCUT2D eigenvalue weighted by molar-refractivity contribution is 5.80. The number of hydrogen-bond acceptors (Lipinski definition) is 2. The molecule has 0 unspecified atom stereocenters. The molecule has 1 aromatic heterocycles. The largest absolute Gasteiger partial charge is 0.356 e. The van der Waals surface area contributed by atoms with Crippen LogP contribution in [0, 0.1) is 6.92 Å². The molecule has 0 bridgehead atoms. The van der Waals surface area contributed by atoms with Crippen LogP contribution in [0.2, 0.25) is 0 Å². The molecule has 0 fully saturated rings. The van der Waals surface area contributed by atoms with Crippen molar-refractivity contribution < 1.29 is 4.79 Å². The van der Waals surface area contributed by atoms with E-state index in [4.69, 9.17) is 0 Å². The molecule has 0 aliphatic rings. The van der Waals surface area contributed by atoms with E-state index in [-0.39, 0.29) is 11.5 Å². The van der Waals surface area contributed by atoms with Crippen molar-refractivity contribution in [3.05, 3.63) is 45.7 Å². The highest BCUT2D eigenvalue weighted by atomic mass is 16.1. The number of H-pyrrole nitrogens is 1. The fourth-order valence-electron chi connectivity index (χ4n) is 2.15. The van der Waals surface area contributed by atoms with Gasteiger partial charge >= 0.3 is 0 Å². The summed E-state index contributed by atoms with van der Waals surface area (Å²) in [6.45, 7) is 4.69. The quantitative estimate of drug-likeness (QED) is 0.877. The van der Waals surface area contributed by atoms with E-state index in [1.54, 1.807) is 0 Å². The summed E-state index contributed by atoms with van der Waals surface area (Å²) in [5.74, 6) is -0.00440. The first-order valence-electron chi connectivity index (χ1n) is 6.99. The molecule has 0 aliphatic heterocycles. The van der Waals surface area contributed by atoms with Crippen molar-refractivity contribution in [3.63, 3.8) is 0 Å². The normalized spacial score (nSPS) is 10.7. The molecule has 20 heavy (non-hydrogen) atoms. The molecule has 1 aromatic carbocycles. The first kappa shape index (κ1) is 14.3. The third-order valence-corrected chi connectivity index (χ3v) is 3.27. The van der Waals surface area contributed by atoms with Crippen molar-refractivity contribution in [3.8, 4) is 0 Å². The first-order valence-corrected chi connectivity index (χ1v) is 6.99. The highest BCUT2D eigenvalue weighted by Crippen LogP contribution is 2.13. The predicted molar refractivity (Wildman–Crippen MR) is 80.9 cm³/mol. The first-order chi connectivity index (χ1) is 9.60. The maximum absolute atomic E-state index is 12.0. The summed E-state index contributed by atoms with van der Waals surface area (Å²) >= 11 is 0. The number of aromatic amines is 1. The van der Waals surface area contributed by atoms with E-state index >= 15 is 0 Å². The molecule has 0 atom stereocenters. The molecule has 2 N–H and O–H groups in total. The van der Waals surface area contributed by atoms with Crippen LogP contribution in [-0.4, -0.2) is 17.4 Å². The molecule has 106 valence electrons. The Morgan fingerprint density at radius 1 is 1.30 bits per heavy atom. The number of carbonyl (C=O) groups is 1. The Bertz CT molecular complexity index is 674. The van der Waals surface area contributed by atoms with Gasteiger partial charge in [-0.05, 0) is 42.8 Å². The van der Waals surface area contributed by atoms with Crippen LogP contribution < -0.4 is 10.9 Å². The Labute approximate surface area is 118 Å². The van der Waals surface area contributed by atoms with E-state index in [9.17, 15) is 9.59 Å². The van der Waals surface area contributed by atoms with Gasteiger partial charge in [0, 0.05) is 24.0 Å². The van der Waals surface area contributed by atoms with Gasteiger partial charge in [-0.15, -0.1) is 0 Å². The molecule has 4 nitrogen and oxygen atoms in total. The van der Waals surface area contributed by atoms with Gasteiger partial charge in [-0.2, -0.15) is 0 Å². The highest BCUT2D eigenvalue weighted by Gasteiger charge is 2.06. The van der Waals surface area contributed by atoms with Crippen LogP contribution in [0.25, 0.3) is 10.9 Å². The molecule has 0 spiro atoms. The summed E-state index contributed by atoms with van der Waals surface area (Å²) in [4.78, 5) is 26.4. The monoisotopic (exact) mass is 272 g/mol. The summed E-state index contributed by atoms with van der Waals surface area (Å²) in [6, 6.07) is 7.83. The zero-order chi connectivity index (χ0) is 14.5. The Kier molecular flexibility index (Phi) is 4.56. The standard InChI is InChI=1S/C16H20N2O2/c1-3-8-17-15(19)7-6-13-10-12-5-4-11(2)9-14(12)18-16(13)20/h4-5,9-10H,3,6-8H2,1-2H3,(H,17,19)(H,18,20). The Morgan fingerprint density at radius 3 is 2.85 bits per heavy atom. The maximum Gasteiger partial charge on any atom is 0.251 e. The van der Waals surface area contributed by atoms with Gasteiger partial charge < -0.3 is 10.3 Å². The second-order valence-electron chi connectivity index (χ2n) is 5.06. The smallest absolute Gasteiger partial charge is 0.251 e. The Hall–Kier alpha value is -2.10. The lowest BCUT2D eigenvalue weighted by atomic mass is 10.1. The van der Waals surface area contributed by atoms with Gasteiger partial charge in [0.25, 0.3) is 5.56 Å². The summed E-state index contributed by atoms with van der Waals surface area (Å²) in [7, 11) is 0. The van der Waals surface area contributed by atoms with E-state index in [0.29, 0.717) is 24.9 Å². The van der Waals surface area contributed by atoms with E-state index in [0.717, 1.165) is 22.9 Å². The Balaban J connectivity index is 2.14. The Morgan fingerprint density at radius 2 is 2.10 bits per heavy atom. The lowest BCUT2D eigenvalue weighted by Gasteiger charge is -2.05. The summed E-state index contributed by atoms with van der Waals surface area (Å²) in [6.07, 6.45) is 1.73. The number of pyridine rings is 1. The van der Waals surface area contributed by atoms with Gasteiger partial charge in [-0.1, -0.05) is 19.1 Å². The van der Waals surface area contributed by atoms with Crippen LogP contribution in [0.5, 0.6) is 0 Å². The molecule has 0 saturated carbocycles. The SMILES string of the molecule is CCCNC(=O)CCc1cc2ccc(C)cc2[nH]c1=O. The number of rotatable bonds is 5. The third-order valence-electron chi connectivity index (χ3n) is 3.27. The summed E-state index contributed by atoms with van der Waals surface area (Å²) in [5, 5.41) is 3.81. The number of amides is 1. The van der Waals surface area contributed by atoms with Gasteiger partial charge in [-0.3, -0.25) is 9.59 Å². The lowest BCUT2D eigenvalue weighted by molar-refractivity contribution is -0.121. The second-order valence-corrected chi connectivity index (χ2v) is 5.06. The number of hydrogen-bond donors (Lipinski definition) is 2. The third kappa shape index (κ3) is 3.47. The molecule has 0 aliphatic carbocycles. The minimum absolute atomic E-state index is 0.00440. The van der Waals surface area contributed by atoms with E-state index in [1.165, 1.54) is 0 Å². The van der Waals surface area contributed by atoms with Gasteiger partial charge in [0.15, 0.2) is 0 Å². The molecule has 4 heteroatoms. The van der Waals surface area contributed by atoms with Crippen molar-refractivity contribution in [2.45, 2.75) is 33.1 Å². The number of nitrogens with one attached hydrogen (secondary N) is 2. The summed E-state index contributed by atoms with van der Waals surface area (Å²) < 4.78 is 0. The number of aromatic nitrogens is 1. The fraction of sp³-hybridized carbons (Fsp3) is 0.375. The lowest BCUT2D eigenvalue weighted by Crippen LogP contribution is -2.25. The molecular weight excluding hydrogens is 252 g/mol. The molecule has 0 saturated heterocycles. The van der Waals surface area contributed by atoms with E-state index in [2.05, 4.69) is 10.3 Å². The fourth-order valence-corrected chi connectivity index (χ4v) is 2.15. The van der Waals surface area contributed by atoms with Gasteiger partial charge in [0.2, 0.25) is 5.91 Å². The number of fused-ring (bicyclic) bond motifs is 1. The minimum Gasteiger partial charge on any atom is -0.356 e. The van der Waals surface area contributed by atoms with Crippen LogP contribution in [0.3, 0.4) is 0 Å².